The van der Waals surface area contributed by atoms with Crippen molar-refractivity contribution in [1.82, 2.24) is 10.3 Å². The molecule has 1 aromatic rings. The predicted octanol–water partition coefficient (Wildman–Crippen LogP) is 3.54. The van der Waals surface area contributed by atoms with Crippen molar-refractivity contribution in [2.75, 3.05) is 7.05 Å². The highest BCUT2D eigenvalue weighted by molar-refractivity contribution is 9.10. The van der Waals surface area contributed by atoms with Crippen LogP contribution in [-0.4, -0.2) is 12.0 Å². The van der Waals surface area contributed by atoms with Crippen molar-refractivity contribution in [3.05, 3.63) is 28.5 Å². The molecule has 2 nitrogen and oxygen atoms in total. The van der Waals surface area contributed by atoms with Crippen LogP contribution in [0.25, 0.3) is 0 Å². The summed E-state index contributed by atoms with van der Waals surface area (Å²) in [5, 5.41) is 3.33. The van der Waals surface area contributed by atoms with Gasteiger partial charge in [0, 0.05) is 16.7 Å². The number of pyridine rings is 1. The van der Waals surface area contributed by atoms with Crippen LogP contribution in [0.1, 0.15) is 38.4 Å². The molecule has 0 bridgehead atoms. The van der Waals surface area contributed by atoms with Gasteiger partial charge < -0.3 is 5.32 Å². The van der Waals surface area contributed by atoms with E-state index in [0.717, 1.165) is 22.5 Å². The smallest absolute Gasteiger partial charge is 0.0574 e. The fourth-order valence-electron chi connectivity index (χ4n) is 1.55. The zero-order valence-corrected chi connectivity index (χ0v) is 11.2. The van der Waals surface area contributed by atoms with Gasteiger partial charge in [-0.2, -0.15) is 0 Å². The lowest BCUT2D eigenvalue weighted by atomic mass is 9.97. The second-order valence-corrected chi connectivity index (χ2v) is 4.91. The molecule has 3 heteroatoms. The average Bonchev–Trinajstić information content (AvgIpc) is 2.27. The zero-order valence-electron chi connectivity index (χ0n) is 9.63. The fraction of sp³-hybridized carbons (Fsp3) is 0.583. The molecule has 0 spiro atoms. The van der Waals surface area contributed by atoms with Crippen molar-refractivity contribution in [1.29, 1.82) is 0 Å². The Morgan fingerprint density at radius 3 is 2.67 bits per heavy atom. The monoisotopic (exact) mass is 270 g/mol. The third-order valence-electron chi connectivity index (χ3n) is 2.79. The number of halogens is 1. The molecule has 1 heterocycles. The van der Waals surface area contributed by atoms with Crippen molar-refractivity contribution in [2.45, 2.75) is 32.7 Å². The van der Waals surface area contributed by atoms with Gasteiger partial charge in [0.15, 0.2) is 0 Å². The normalized spacial score (nSPS) is 14.9. The molecular weight excluding hydrogens is 252 g/mol. The van der Waals surface area contributed by atoms with Crippen LogP contribution < -0.4 is 5.32 Å². The second-order valence-electron chi connectivity index (χ2n) is 3.99. The van der Waals surface area contributed by atoms with E-state index >= 15 is 0 Å². The Bertz CT molecular complexity index is 284. The van der Waals surface area contributed by atoms with E-state index in [1.54, 1.807) is 0 Å². The van der Waals surface area contributed by atoms with Crippen LogP contribution in [-0.2, 0) is 0 Å². The highest BCUT2D eigenvalue weighted by Gasteiger charge is 2.13. The molecule has 84 valence electrons. The molecule has 1 rings (SSSR count). The van der Waals surface area contributed by atoms with Gasteiger partial charge in [-0.1, -0.05) is 20.3 Å². The van der Waals surface area contributed by atoms with Crippen molar-refractivity contribution in [3.8, 4) is 0 Å². The number of hydrogen-bond acceptors (Lipinski definition) is 2. The SMILES string of the molecule is CCC(C)CC(NC)c1ccc(Br)cn1. The average molecular weight is 271 g/mol. The zero-order chi connectivity index (χ0) is 11.3. The molecular formula is C12H19BrN2. The minimum atomic E-state index is 0.369. The molecule has 2 unspecified atom stereocenters. The van der Waals surface area contributed by atoms with Crippen molar-refractivity contribution < 1.29 is 0 Å². The molecule has 0 saturated heterocycles. The topological polar surface area (TPSA) is 24.9 Å². The summed E-state index contributed by atoms with van der Waals surface area (Å²) >= 11 is 3.40. The van der Waals surface area contributed by atoms with Gasteiger partial charge in [-0.05, 0) is 47.4 Å². The molecule has 0 aromatic carbocycles. The Morgan fingerprint density at radius 1 is 1.47 bits per heavy atom. The van der Waals surface area contributed by atoms with Crippen LogP contribution >= 0.6 is 15.9 Å². The van der Waals surface area contributed by atoms with Crippen LogP contribution in [0.4, 0.5) is 0 Å². The van der Waals surface area contributed by atoms with E-state index < -0.39 is 0 Å². The third-order valence-corrected chi connectivity index (χ3v) is 3.26. The molecule has 0 aliphatic heterocycles. The summed E-state index contributed by atoms with van der Waals surface area (Å²) in [5.74, 6) is 0.730. The first-order chi connectivity index (χ1) is 7.17. The number of nitrogens with zero attached hydrogens (tertiary/aromatic N) is 1. The Labute approximate surface area is 101 Å². The Kier molecular flexibility index (Phi) is 5.26. The highest BCUT2D eigenvalue weighted by atomic mass is 79.9. The molecule has 1 N–H and O–H groups in total. The van der Waals surface area contributed by atoms with Crippen LogP contribution in [0.3, 0.4) is 0 Å². The summed E-state index contributed by atoms with van der Waals surface area (Å²) in [6.45, 7) is 4.51. The maximum absolute atomic E-state index is 4.43. The molecule has 0 aliphatic carbocycles. The van der Waals surface area contributed by atoms with E-state index in [2.05, 4.69) is 46.1 Å². The lowest BCUT2D eigenvalue weighted by molar-refractivity contribution is 0.416. The van der Waals surface area contributed by atoms with E-state index in [1.807, 2.05) is 19.3 Å². The maximum Gasteiger partial charge on any atom is 0.0574 e. The van der Waals surface area contributed by atoms with Gasteiger partial charge in [-0.15, -0.1) is 0 Å². The van der Waals surface area contributed by atoms with E-state index in [0.29, 0.717) is 6.04 Å². The van der Waals surface area contributed by atoms with E-state index in [4.69, 9.17) is 0 Å². The quantitative estimate of drug-likeness (QED) is 0.886. The summed E-state index contributed by atoms with van der Waals surface area (Å²) in [6, 6.07) is 4.49. The predicted molar refractivity (Wildman–Crippen MR) is 67.8 cm³/mol. The van der Waals surface area contributed by atoms with Crippen LogP contribution in [0.15, 0.2) is 22.8 Å². The molecule has 2 atom stereocenters. The van der Waals surface area contributed by atoms with Crippen LogP contribution in [0.5, 0.6) is 0 Å². The van der Waals surface area contributed by atoms with Gasteiger partial charge in [-0.25, -0.2) is 0 Å². The first kappa shape index (κ1) is 12.7. The van der Waals surface area contributed by atoms with Crippen molar-refractivity contribution >= 4 is 15.9 Å². The van der Waals surface area contributed by atoms with Crippen molar-refractivity contribution in [3.63, 3.8) is 0 Å². The van der Waals surface area contributed by atoms with Crippen LogP contribution in [0, 0.1) is 5.92 Å². The van der Waals surface area contributed by atoms with Gasteiger partial charge in [0.1, 0.15) is 0 Å². The molecule has 0 aliphatic rings. The summed E-state index contributed by atoms with van der Waals surface area (Å²) in [6.07, 6.45) is 4.21. The minimum Gasteiger partial charge on any atom is -0.312 e. The van der Waals surface area contributed by atoms with Gasteiger partial charge in [-0.3, -0.25) is 4.98 Å². The second kappa shape index (κ2) is 6.23. The standard InChI is InChI=1S/C12H19BrN2/c1-4-9(2)7-12(14-3)11-6-5-10(13)8-15-11/h5-6,8-9,12,14H,4,7H2,1-3H3. The molecule has 0 amide bonds. The first-order valence-corrected chi connectivity index (χ1v) is 6.25. The van der Waals surface area contributed by atoms with Gasteiger partial charge in [0.2, 0.25) is 0 Å². The maximum atomic E-state index is 4.43. The molecule has 1 aromatic heterocycles. The van der Waals surface area contributed by atoms with Gasteiger partial charge in [0.05, 0.1) is 5.69 Å². The number of hydrogen-bond donors (Lipinski definition) is 1. The Hall–Kier alpha value is -0.410. The van der Waals surface area contributed by atoms with Gasteiger partial charge in [0.25, 0.3) is 0 Å². The highest BCUT2D eigenvalue weighted by Crippen LogP contribution is 2.21. The molecule has 0 radical (unpaired) electrons. The summed E-state index contributed by atoms with van der Waals surface area (Å²) in [4.78, 5) is 4.43. The Morgan fingerprint density at radius 2 is 2.20 bits per heavy atom. The van der Waals surface area contributed by atoms with Gasteiger partial charge >= 0.3 is 0 Å². The fourth-order valence-corrected chi connectivity index (χ4v) is 1.78. The number of aromatic nitrogens is 1. The lowest BCUT2D eigenvalue weighted by Gasteiger charge is -2.19. The summed E-state index contributed by atoms with van der Waals surface area (Å²) in [5.41, 5.74) is 1.13. The minimum absolute atomic E-state index is 0.369. The Balaban J connectivity index is 2.69. The summed E-state index contributed by atoms with van der Waals surface area (Å²) in [7, 11) is 2.00. The van der Waals surface area contributed by atoms with Crippen LogP contribution in [0.2, 0.25) is 0 Å². The molecule has 0 saturated carbocycles. The summed E-state index contributed by atoms with van der Waals surface area (Å²) < 4.78 is 1.03. The van der Waals surface area contributed by atoms with E-state index in [1.165, 1.54) is 6.42 Å². The number of nitrogens with one attached hydrogen (secondary N) is 1. The number of rotatable bonds is 5. The molecule has 15 heavy (non-hydrogen) atoms. The largest absolute Gasteiger partial charge is 0.312 e. The van der Waals surface area contributed by atoms with Crippen molar-refractivity contribution in [2.24, 2.45) is 5.92 Å². The lowest BCUT2D eigenvalue weighted by Crippen LogP contribution is -2.19. The van der Waals surface area contributed by atoms with E-state index in [9.17, 15) is 0 Å². The third kappa shape index (κ3) is 3.92. The molecule has 0 fully saturated rings. The first-order valence-electron chi connectivity index (χ1n) is 5.46. The van der Waals surface area contributed by atoms with E-state index in [-0.39, 0.29) is 0 Å².